The van der Waals surface area contributed by atoms with E-state index in [9.17, 15) is 22.8 Å². The first-order valence-electron chi connectivity index (χ1n) is 5.04. The first kappa shape index (κ1) is 12.2. The smallest absolute Gasteiger partial charge is 0.378 e. The van der Waals surface area contributed by atoms with Gasteiger partial charge in [-0.15, -0.1) is 0 Å². The molecule has 2 heterocycles. The highest BCUT2D eigenvalue weighted by molar-refractivity contribution is 5.98. The zero-order valence-electron chi connectivity index (χ0n) is 9.03. The summed E-state index contributed by atoms with van der Waals surface area (Å²) in [5.41, 5.74) is 0. The molecule has 96 valence electrons. The molecule has 2 aliphatic heterocycles. The molecule has 0 aliphatic carbocycles. The summed E-state index contributed by atoms with van der Waals surface area (Å²) in [6.07, 6.45) is -4.58. The van der Waals surface area contributed by atoms with Gasteiger partial charge in [0.25, 0.3) is 0 Å². The van der Waals surface area contributed by atoms with Crippen molar-refractivity contribution in [1.82, 2.24) is 9.80 Å². The first-order valence-corrected chi connectivity index (χ1v) is 5.04. The molecule has 2 atom stereocenters. The van der Waals surface area contributed by atoms with Crippen LogP contribution in [0.1, 0.15) is 0 Å². The minimum Gasteiger partial charge on any atom is -0.378 e. The molecule has 0 N–H and O–H groups in total. The number of carbonyl (C=O) groups excluding carboxylic acids is 2. The van der Waals surface area contributed by atoms with Crippen molar-refractivity contribution in [2.45, 2.75) is 12.2 Å². The third kappa shape index (κ3) is 2.08. The Morgan fingerprint density at radius 3 is 2.59 bits per heavy atom. The zero-order valence-corrected chi connectivity index (χ0v) is 9.03. The van der Waals surface area contributed by atoms with Gasteiger partial charge >= 0.3 is 12.2 Å². The number of urea groups is 1. The topological polar surface area (TPSA) is 49.9 Å². The van der Waals surface area contributed by atoms with Crippen LogP contribution in [0.4, 0.5) is 18.0 Å². The molecular formula is C9H11F3N2O3. The van der Waals surface area contributed by atoms with E-state index >= 15 is 0 Å². The van der Waals surface area contributed by atoms with Gasteiger partial charge in [-0.25, -0.2) is 4.79 Å². The number of carbonyl (C=O) groups is 2. The van der Waals surface area contributed by atoms with E-state index in [1.807, 2.05) is 0 Å². The lowest BCUT2D eigenvalue weighted by molar-refractivity contribution is -0.162. The van der Waals surface area contributed by atoms with Crippen LogP contribution in [0.2, 0.25) is 0 Å². The summed E-state index contributed by atoms with van der Waals surface area (Å²) in [5, 5.41) is 0. The van der Waals surface area contributed by atoms with Gasteiger partial charge < -0.3 is 9.64 Å². The van der Waals surface area contributed by atoms with Crippen molar-refractivity contribution in [3.05, 3.63) is 0 Å². The van der Waals surface area contributed by atoms with Crippen molar-refractivity contribution in [2.24, 2.45) is 5.92 Å². The van der Waals surface area contributed by atoms with Crippen LogP contribution >= 0.6 is 0 Å². The first-order chi connectivity index (χ1) is 7.81. The largest absolute Gasteiger partial charge is 0.406 e. The van der Waals surface area contributed by atoms with Crippen LogP contribution in [0.25, 0.3) is 0 Å². The molecule has 2 fully saturated rings. The number of alkyl halides is 3. The Morgan fingerprint density at radius 1 is 1.35 bits per heavy atom. The molecule has 0 spiro atoms. The highest BCUT2D eigenvalue weighted by atomic mass is 19.4. The fourth-order valence-electron chi connectivity index (χ4n) is 2.11. The molecule has 0 aromatic carbocycles. The maximum Gasteiger partial charge on any atom is 0.406 e. The van der Waals surface area contributed by atoms with Crippen molar-refractivity contribution < 1.29 is 27.5 Å². The molecule has 0 saturated carbocycles. The van der Waals surface area contributed by atoms with Gasteiger partial charge in [-0.1, -0.05) is 0 Å². The number of imide groups is 1. The average Bonchev–Trinajstić information content (AvgIpc) is 2.69. The van der Waals surface area contributed by atoms with Crippen molar-refractivity contribution in [2.75, 3.05) is 26.8 Å². The lowest BCUT2D eigenvalue weighted by Crippen LogP contribution is -2.61. The second-order valence-corrected chi connectivity index (χ2v) is 4.14. The number of fused-ring (bicyclic) bond motifs is 1. The Kier molecular flexibility index (Phi) is 2.76. The zero-order chi connectivity index (χ0) is 12.8. The molecule has 0 aromatic rings. The third-order valence-corrected chi connectivity index (χ3v) is 3.00. The fourth-order valence-corrected chi connectivity index (χ4v) is 2.11. The summed E-state index contributed by atoms with van der Waals surface area (Å²) >= 11 is 0. The summed E-state index contributed by atoms with van der Waals surface area (Å²) < 4.78 is 41.8. The van der Waals surface area contributed by atoms with E-state index < -0.39 is 36.6 Å². The van der Waals surface area contributed by atoms with Gasteiger partial charge in [0, 0.05) is 7.05 Å². The number of ether oxygens (including phenoxy) is 1. The van der Waals surface area contributed by atoms with Crippen molar-refractivity contribution in [1.29, 1.82) is 0 Å². The SMILES string of the molecule is CN1C(=O)N(CC(F)(F)F)C(=O)C2COCC21. The molecule has 2 aliphatic rings. The average molecular weight is 252 g/mol. The van der Waals surface area contributed by atoms with Gasteiger partial charge in [0.1, 0.15) is 6.54 Å². The van der Waals surface area contributed by atoms with Crippen LogP contribution in [0.15, 0.2) is 0 Å². The molecule has 2 saturated heterocycles. The Balaban J connectivity index is 2.21. The number of rotatable bonds is 1. The molecule has 0 radical (unpaired) electrons. The quantitative estimate of drug-likeness (QED) is 0.681. The highest BCUT2D eigenvalue weighted by Crippen LogP contribution is 2.29. The monoisotopic (exact) mass is 252 g/mol. The van der Waals surface area contributed by atoms with Gasteiger partial charge in [0.15, 0.2) is 0 Å². The number of halogens is 3. The van der Waals surface area contributed by atoms with Crippen LogP contribution in [0.3, 0.4) is 0 Å². The summed E-state index contributed by atoms with van der Waals surface area (Å²) in [6.45, 7) is -1.29. The molecule has 8 heteroatoms. The standard InChI is InChI=1S/C9H11F3N2O3/c1-13-6-3-17-2-5(6)7(15)14(8(13)16)4-9(10,11)12/h5-6H,2-4H2,1H3. The second kappa shape index (κ2) is 3.86. The van der Waals surface area contributed by atoms with E-state index in [-0.39, 0.29) is 18.1 Å². The summed E-state index contributed by atoms with van der Waals surface area (Å²) in [6, 6.07) is -1.36. The number of hydrogen-bond acceptors (Lipinski definition) is 3. The summed E-state index contributed by atoms with van der Waals surface area (Å²) in [4.78, 5) is 24.8. The minimum absolute atomic E-state index is 0.0650. The Labute approximate surface area is 95.1 Å². The van der Waals surface area contributed by atoms with Crippen LogP contribution in [-0.2, 0) is 9.53 Å². The predicted octanol–water partition coefficient (Wildman–Crippen LogP) is 0.458. The van der Waals surface area contributed by atoms with Crippen LogP contribution < -0.4 is 0 Å². The van der Waals surface area contributed by atoms with Gasteiger partial charge in [-0.2, -0.15) is 13.2 Å². The molecule has 2 rings (SSSR count). The Hall–Kier alpha value is -1.31. The van der Waals surface area contributed by atoms with Crippen LogP contribution in [-0.4, -0.2) is 60.8 Å². The maximum atomic E-state index is 12.3. The Bertz CT molecular complexity index is 358. The molecular weight excluding hydrogens is 241 g/mol. The molecule has 0 bridgehead atoms. The van der Waals surface area contributed by atoms with E-state index in [0.29, 0.717) is 0 Å². The molecule has 2 unspecified atom stereocenters. The molecule has 3 amide bonds. The van der Waals surface area contributed by atoms with Crippen molar-refractivity contribution in [3.8, 4) is 0 Å². The number of nitrogens with zero attached hydrogens (tertiary/aromatic N) is 2. The van der Waals surface area contributed by atoms with Crippen LogP contribution in [0.5, 0.6) is 0 Å². The van der Waals surface area contributed by atoms with Gasteiger partial charge in [0.2, 0.25) is 5.91 Å². The van der Waals surface area contributed by atoms with E-state index in [4.69, 9.17) is 4.74 Å². The van der Waals surface area contributed by atoms with Gasteiger partial charge in [-0.05, 0) is 0 Å². The lowest BCUT2D eigenvalue weighted by atomic mass is 9.98. The summed E-state index contributed by atoms with van der Waals surface area (Å²) in [5.74, 6) is -1.48. The number of likely N-dealkylation sites (N-methyl/N-ethyl adjacent to an activating group) is 1. The predicted molar refractivity (Wildman–Crippen MR) is 49.0 cm³/mol. The minimum atomic E-state index is -4.58. The van der Waals surface area contributed by atoms with Crippen molar-refractivity contribution >= 4 is 11.9 Å². The van der Waals surface area contributed by atoms with Crippen molar-refractivity contribution in [3.63, 3.8) is 0 Å². The fraction of sp³-hybridized carbons (Fsp3) is 0.778. The molecule has 0 aromatic heterocycles. The van der Waals surface area contributed by atoms with E-state index in [0.717, 1.165) is 4.90 Å². The second-order valence-electron chi connectivity index (χ2n) is 4.14. The van der Waals surface area contributed by atoms with E-state index in [1.165, 1.54) is 7.05 Å². The van der Waals surface area contributed by atoms with Crippen LogP contribution in [0, 0.1) is 5.92 Å². The van der Waals surface area contributed by atoms with E-state index in [2.05, 4.69) is 0 Å². The van der Waals surface area contributed by atoms with Gasteiger partial charge in [-0.3, -0.25) is 9.69 Å². The number of hydrogen-bond donors (Lipinski definition) is 0. The third-order valence-electron chi connectivity index (χ3n) is 3.00. The normalized spacial score (nSPS) is 29.9. The van der Waals surface area contributed by atoms with E-state index in [1.54, 1.807) is 0 Å². The highest BCUT2D eigenvalue weighted by Gasteiger charge is 2.50. The molecule has 17 heavy (non-hydrogen) atoms. The van der Waals surface area contributed by atoms with Gasteiger partial charge in [0.05, 0.1) is 25.2 Å². The summed E-state index contributed by atoms with van der Waals surface area (Å²) in [7, 11) is 1.38. The number of amides is 3. The molecule has 5 nitrogen and oxygen atoms in total. The Morgan fingerprint density at radius 2 is 2.00 bits per heavy atom. The maximum absolute atomic E-state index is 12.3. The lowest BCUT2D eigenvalue weighted by Gasteiger charge is -2.39.